The summed E-state index contributed by atoms with van der Waals surface area (Å²) >= 11 is 0. The third-order valence-electron chi connectivity index (χ3n) is 6.27. The van der Waals surface area contributed by atoms with Crippen LogP contribution in [0.1, 0.15) is 45.6 Å². The molecule has 6 heteroatoms. The van der Waals surface area contributed by atoms with Crippen molar-refractivity contribution in [3.05, 3.63) is 111 Å². The van der Waals surface area contributed by atoms with Gasteiger partial charge >= 0.3 is 5.97 Å². The monoisotopic (exact) mass is 439 g/mol. The number of fused-ring (bicyclic) bond motifs is 2. The minimum Gasteiger partial charge on any atom is -0.478 e. The summed E-state index contributed by atoms with van der Waals surface area (Å²) in [5.41, 5.74) is 6.84. The van der Waals surface area contributed by atoms with Crippen LogP contribution in [-0.4, -0.2) is 15.5 Å². The highest BCUT2D eigenvalue weighted by Crippen LogP contribution is 2.31. The minimum atomic E-state index is -0.980. The number of nitrogens with one attached hydrogen (secondary N) is 1. The Morgan fingerprint density at radius 1 is 1.00 bits per heavy atom. The van der Waals surface area contributed by atoms with E-state index in [1.807, 2.05) is 38.2 Å². The minimum absolute atomic E-state index is 0.0819. The van der Waals surface area contributed by atoms with E-state index in [1.54, 1.807) is 28.7 Å². The van der Waals surface area contributed by atoms with Gasteiger partial charge in [-0.25, -0.2) is 4.79 Å². The van der Waals surface area contributed by atoms with Gasteiger partial charge in [-0.15, -0.1) is 0 Å². The highest BCUT2D eigenvalue weighted by Gasteiger charge is 2.21. The zero-order valence-electron chi connectivity index (χ0n) is 18.6. The molecular weight excluding hydrogens is 414 g/mol. The van der Waals surface area contributed by atoms with Crippen LogP contribution in [0.4, 0.5) is 11.4 Å². The molecule has 1 unspecified atom stereocenters. The molecule has 0 fully saturated rings. The van der Waals surface area contributed by atoms with Gasteiger partial charge in [0.05, 0.1) is 17.1 Å². The summed E-state index contributed by atoms with van der Waals surface area (Å²) in [4.78, 5) is 27.0. The number of hydrogen-bond acceptors (Lipinski definition) is 4. The molecule has 0 amide bonds. The van der Waals surface area contributed by atoms with E-state index in [2.05, 4.69) is 34.5 Å². The van der Waals surface area contributed by atoms with E-state index >= 15 is 0 Å². The Morgan fingerprint density at radius 3 is 2.36 bits per heavy atom. The molecule has 0 radical (unpaired) electrons. The van der Waals surface area contributed by atoms with Gasteiger partial charge in [-0.2, -0.15) is 0 Å². The number of nitrogens with zero attached hydrogens (tertiary/aromatic N) is 2. The predicted molar refractivity (Wildman–Crippen MR) is 130 cm³/mol. The molecule has 2 N–H and O–H groups in total. The van der Waals surface area contributed by atoms with Crippen LogP contribution in [0.15, 0.2) is 77.7 Å². The number of carboxylic acids is 1. The average molecular weight is 440 g/mol. The standard InChI is InChI=1S/C27H25N3O3/c1-17-11-23(18(2)28-24-10-6-5-9-22(24)27(32)33)25-12-21(13-26(31)30(25)14-17)29-15-19-7-3-4-8-20(19)16-29/h3-14,18,28H,15-16H2,1-2H3,(H,32,33). The summed E-state index contributed by atoms with van der Waals surface area (Å²) in [5.74, 6) is -0.980. The zero-order valence-corrected chi connectivity index (χ0v) is 18.6. The van der Waals surface area contributed by atoms with Crippen LogP contribution >= 0.6 is 0 Å². The molecular formula is C27H25N3O3. The Labute approximate surface area is 191 Å². The molecule has 0 aliphatic carbocycles. The van der Waals surface area contributed by atoms with E-state index in [0.717, 1.165) is 35.4 Å². The fourth-order valence-corrected chi connectivity index (χ4v) is 4.63. The number of rotatable bonds is 5. The largest absolute Gasteiger partial charge is 0.478 e. The Bertz CT molecular complexity index is 1420. The number of carbonyl (C=O) groups is 1. The number of para-hydroxylation sites is 1. The number of carboxylic acid groups (broad SMARTS) is 1. The second kappa shape index (κ2) is 8.13. The second-order valence-corrected chi connectivity index (χ2v) is 8.62. The molecule has 0 saturated heterocycles. The van der Waals surface area contributed by atoms with Crippen molar-refractivity contribution in [3.8, 4) is 0 Å². The van der Waals surface area contributed by atoms with Crippen molar-refractivity contribution in [1.29, 1.82) is 0 Å². The van der Waals surface area contributed by atoms with Gasteiger partial charge in [-0.1, -0.05) is 42.5 Å². The Hall–Kier alpha value is -4.06. The van der Waals surface area contributed by atoms with E-state index in [1.165, 1.54) is 11.1 Å². The molecule has 166 valence electrons. The number of hydrogen-bond donors (Lipinski definition) is 2. The van der Waals surface area contributed by atoms with Gasteiger partial charge in [0.25, 0.3) is 5.56 Å². The first-order valence-electron chi connectivity index (χ1n) is 11.0. The molecule has 5 rings (SSSR count). The molecule has 4 aromatic rings. The fraction of sp³-hybridized carbons (Fsp3) is 0.185. The average Bonchev–Trinajstić information content (AvgIpc) is 3.23. The van der Waals surface area contributed by atoms with E-state index in [4.69, 9.17) is 0 Å². The third kappa shape index (κ3) is 3.84. The molecule has 1 atom stereocenters. The maximum absolute atomic E-state index is 13.1. The van der Waals surface area contributed by atoms with Crippen molar-refractivity contribution in [2.75, 3.05) is 10.2 Å². The fourth-order valence-electron chi connectivity index (χ4n) is 4.63. The van der Waals surface area contributed by atoms with Crippen LogP contribution in [0, 0.1) is 6.92 Å². The lowest BCUT2D eigenvalue weighted by atomic mass is 10.0. The summed E-state index contributed by atoms with van der Waals surface area (Å²) in [7, 11) is 0. The van der Waals surface area contributed by atoms with Gasteiger partial charge in [0, 0.05) is 36.7 Å². The molecule has 2 aromatic heterocycles. The lowest BCUT2D eigenvalue weighted by Crippen LogP contribution is -2.21. The first-order valence-corrected chi connectivity index (χ1v) is 11.0. The van der Waals surface area contributed by atoms with Crippen LogP contribution in [0.3, 0.4) is 0 Å². The van der Waals surface area contributed by atoms with Crippen molar-refractivity contribution in [2.24, 2.45) is 0 Å². The summed E-state index contributed by atoms with van der Waals surface area (Å²) in [5, 5.41) is 12.9. The molecule has 33 heavy (non-hydrogen) atoms. The maximum Gasteiger partial charge on any atom is 0.337 e. The van der Waals surface area contributed by atoms with Gasteiger partial charge < -0.3 is 15.3 Å². The van der Waals surface area contributed by atoms with Crippen LogP contribution in [0.5, 0.6) is 0 Å². The quantitative estimate of drug-likeness (QED) is 0.458. The first kappa shape index (κ1) is 20.8. The summed E-state index contributed by atoms with van der Waals surface area (Å²) < 4.78 is 1.68. The molecule has 6 nitrogen and oxygen atoms in total. The van der Waals surface area contributed by atoms with E-state index in [0.29, 0.717) is 5.69 Å². The van der Waals surface area contributed by atoms with Crippen LogP contribution in [0.2, 0.25) is 0 Å². The number of benzene rings is 2. The molecule has 3 heterocycles. The van der Waals surface area contributed by atoms with Gasteiger partial charge in [0.1, 0.15) is 0 Å². The number of pyridine rings is 2. The number of aromatic nitrogens is 1. The predicted octanol–water partition coefficient (Wildman–Crippen LogP) is 5.00. The highest BCUT2D eigenvalue weighted by molar-refractivity contribution is 5.94. The smallest absolute Gasteiger partial charge is 0.337 e. The first-order chi connectivity index (χ1) is 15.9. The van der Waals surface area contributed by atoms with Gasteiger partial charge in [-0.3, -0.25) is 9.20 Å². The molecule has 1 aliphatic rings. The Morgan fingerprint density at radius 2 is 1.67 bits per heavy atom. The second-order valence-electron chi connectivity index (χ2n) is 8.62. The topological polar surface area (TPSA) is 74.0 Å². The molecule has 0 spiro atoms. The number of anilines is 2. The van der Waals surface area contributed by atoms with Crippen LogP contribution in [0.25, 0.3) is 5.52 Å². The van der Waals surface area contributed by atoms with Crippen molar-refractivity contribution in [2.45, 2.75) is 33.0 Å². The molecule has 0 saturated carbocycles. The maximum atomic E-state index is 13.1. The Balaban J connectivity index is 1.57. The van der Waals surface area contributed by atoms with Crippen molar-refractivity contribution in [1.82, 2.24) is 4.40 Å². The lowest BCUT2D eigenvalue weighted by Gasteiger charge is -2.22. The molecule has 0 bridgehead atoms. The molecule has 1 aliphatic heterocycles. The Kier molecular flexibility index (Phi) is 5.13. The SMILES string of the molecule is Cc1cc(C(C)Nc2ccccc2C(=O)O)c2cc(N3Cc4ccccc4C3)cc(=O)n2c1. The number of aryl methyl sites for hydroxylation is 1. The summed E-state index contributed by atoms with van der Waals surface area (Å²) in [6.45, 7) is 5.48. The van der Waals surface area contributed by atoms with E-state index in [9.17, 15) is 14.7 Å². The van der Waals surface area contributed by atoms with Crippen molar-refractivity contribution >= 4 is 22.9 Å². The van der Waals surface area contributed by atoms with E-state index in [-0.39, 0.29) is 17.2 Å². The summed E-state index contributed by atoms with van der Waals surface area (Å²) in [6.07, 6.45) is 1.85. The van der Waals surface area contributed by atoms with Crippen molar-refractivity contribution in [3.63, 3.8) is 0 Å². The van der Waals surface area contributed by atoms with Crippen LogP contribution in [-0.2, 0) is 13.1 Å². The zero-order chi connectivity index (χ0) is 23.1. The lowest BCUT2D eigenvalue weighted by molar-refractivity contribution is 0.0698. The molecule has 2 aromatic carbocycles. The van der Waals surface area contributed by atoms with Gasteiger partial charge in [0.2, 0.25) is 0 Å². The normalized spacial score (nSPS) is 13.7. The van der Waals surface area contributed by atoms with E-state index < -0.39 is 5.97 Å². The van der Waals surface area contributed by atoms with Gasteiger partial charge in [0.15, 0.2) is 0 Å². The van der Waals surface area contributed by atoms with Gasteiger partial charge in [-0.05, 0) is 54.3 Å². The third-order valence-corrected chi connectivity index (χ3v) is 6.27. The summed E-state index contributed by atoms with van der Waals surface area (Å²) in [6, 6.07) is 20.8. The van der Waals surface area contributed by atoms with Crippen LogP contribution < -0.4 is 15.8 Å². The highest BCUT2D eigenvalue weighted by atomic mass is 16.4. The van der Waals surface area contributed by atoms with Crippen molar-refractivity contribution < 1.29 is 9.90 Å². The number of aromatic carboxylic acids is 1.